The van der Waals surface area contributed by atoms with E-state index in [2.05, 4.69) is 27.4 Å². The smallest absolute Gasteiger partial charge is 0.0107 e. The number of nitrogens with one attached hydrogen (secondary N) is 2. The van der Waals surface area contributed by atoms with Crippen molar-refractivity contribution in [2.24, 2.45) is 17.8 Å². The lowest BCUT2D eigenvalue weighted by Crippen LogP contribution is -2.45. The van der Waals surface area contributed by atoms with Gasteiger partial charge in [0.15, 0.2) is 0 Å². The van der Waals surface area contributed by atoms with Crippen LogP contribution < -0.4 is 10.6 Å². The molecule has 3 heterocycles. The molecule has 3 fully saturated rings. The summed E-state index contributed by atoms with van der Waals surface area (Å²) in [6, 6.07) is 0. The third-order valence-electron chi connectivity index (χ3n) is 6.73. The summed E-state index contributed by atoms with van der Waals surface area (Å²) >= 11 is 0. The molecule has 0 aliphatic carbocycles. The van der Waals surface area contributed by atoms with Gasteiger partial charge in [0.25, 0.3) is 0 Å². The molecule has 2 atom stereocenters. The first-order valence-electron chi connectivity index (χ1n) is 10.7. The Morgan fingerprint density at radius 1 is 0.833 bits per heavy atom. The highest BCUT2D eigenvalue weighted by Gasteiger charge is 2.29. The Morgan fingerprint density at radius 3 is 2.33 bits per heavy atom. The maximum Gasteiger partial charge on any atom is 0.0107 e. The van der Waals surface area contributed by atoms with Gasteiger partial charge in [-0.05, 0) is 76.0 Å². The number of piperazine rings is 1. The van der Waals surface area contributed by atoms with Crippen molar-refractivity contribution in [3.8, 4) is 0 Å². The van der Waals surface area contributed by atoms with Gasteiger partial charge in [0, 0.05) is 39.3 Å². The van der Waals surface area contributed by atoms with Gasteiger partial charge in [0.1, 0.15) is 0 Å². The third-order valence-corrected chi connectivity index (χ3v) is 6.73. The monoisotopic (exact) mass is 336 g/mol. The largest absolute Gasteiger partial charge is 0.317 e. The zero-order valence-electron chi connectivity index (χ0n) is 15.9. The highest BCUT2D eigenvalue weighted by Crippen LogP contribution is 2.31. The first-order chi connectivity index (χ1) is 11.8. The molecule has 0 amide bonds. The van der Waals surface area contributed by atoms with E-state index in [0.717, 1.165) is 17.8 Å². The molecule has 3 saturated heterocycles. The fourth-order valence-electron chi connectivity index (χ4n) is 5.13. The van der Waals surface area contributed by atoms with Crippen molar-refractivity contribution in [1.82, 2.24) is 20.4 Å². The van der Waals surface area contributed by atoms with Crippen LogP contribution in [-0.4, -0.2) is 75.2 Å². The highest BCUT2D eigenvalue weighted by atomic mass is 15.2. The summed E-state index contributed by atoms with van der Waals surface area (Å²) in [7, 11) is 0. The van der Waals surface area contributed by atoms with Gasteiger partial charge in [-0.1, -0.05) is 13.3 Å². The molecule has 140 valence electrons. The minimum absolute atomic E-state index is 0.950. The van der Waals surface area contributed by atoms with Crippen molar-refractivity contribution in [3.05, 3.63) is 0 Å². The van der Waals surface area contributed by atoms with Gasteiger partial charge in [0.05, 0.1) is 0 Å². The predicted octanol–water partition coefficient (Wildman–Crippen LogP) is 2.02. The van der Waals surface area contributed by atoms with E-state index in [-0.39, 0.29) is 0 Å². The van der Waals surface area contributed by atoms with E-state index >= 15 is 0 Å². The average Bonchev–Trinajstić information content (AvgIpc) is 2.64. The molecule has 3 rings (SSSR count). The molecular formula is C20H40N4. The van der Waals surface area contributed by atoms with Gasteiger partial charge in [-0.15, -0.1) is 0 Å². The fourth-order valence-corrected chi connectivity index (χ4v) is 5.13. The molecule has 0 saturated carbocycles. The van der Waals surface area contributed by atoms with Crippen molar-refractivity contribution in [3.63, 3.8) is 0 Å². The van der Waals surface area contributed by atoms with Crippen molar-refractivity contribution in [2.45, 2.75) is 45.4 Å². The van der Waals surface area contributed by atoms with E-state index in [1.54, 1.807) is 0 Å². The summed E-state index contributed by atoms with van der Waals surface area (Å²) in [6.07, 6.45) is 8.47. The van der Waals surface area contributed by atoms with Gasteiger partial charge < -0.3 is 20.4 Å². The summed E-state index contributed by atoms with van der Waals surface area (Å²) in [5.74, 6) is 2.89. The van der Waals surface area contributed by atoms with Crippen molar-refractivity contribution < 1.29 is 0 Å². The average molecular weight is 337 g/mol. The maximum atomic E-state index is 3.51. The van der Waals surface area contributed by atoms with Crippen LogP contribution in [0.15, 0.2) is 0 Å². The number of rotatable bonds is 7. The Kier molecular flexibility index (Phi) is 7.84. The van der Waals surface area contributed by atoms with Crippen LogP contribution in [0.25, 0.3) is 0 Å². The van der Waals surface area contributed by atoms with Crippen LogP contribution in [-0.2, 0) is 0 Å². The molecule has 4 nitrogen and oxygen atoms in total. The molecule has 2 unspecified atom stereocenters. The molecule has 0 spiro atoms. The van der Waals surface area contributed by atoms with E-state index in [9.17, 15) is 0 Å². The van der Waals surface area contributed by atoms with Crippen LogP contribution >= 0.6 is 0 Å². The van der Waals surface area contributed by atoms with E-state index in [1.807, 2.05) is 0 Å². The van der Waals surface area contributed by atoms with Gasteiger partial charge in [0.2, 0.25) is 0 Å². The molecule has 0 aromatic carbocycles. The molecule has 0 radical (unpaired) electrons. The van der Waals surface area contributed by atoms with Gasteiger partial charge >= 0.3 is 0 Å². The molecular weight excluding hydrogens is 296 g/mol. The second kappa shape index (κ2) is 10.1. The van der Waals surface area contributed by atoms with Crippen LogP contribution in [0.5, 0.6) is 0 Å². The molecule has 0 aromatic rings. The third kappa shape index (κ3) is 5.69. The fraction of sp³-hybridized carbons (Fsp3) is 1.00. The molecule has 0 bridgehead atoms. The Labute approximate surface area is 149 Å². The lowest BCUT2D eigenvalue weighted by atomic mass is 9.80. The molecule has 4 heteroatoms. The van der Waals surface area contributed by atoms with Crippen LogP contribution in [0.3, 0.4) is 0 Å². The summed E-state index contributed by atoms with van der Waals surface area (Å²) in [5.41, 5.74) is 0. The SMILES string of the molecule is CCC1CCN(CC2CCNCC2)CC1CCCN1CCNCC1. The molecule has 3 aliphatic heterocycles. The summed E-state index contributed by atoms with van der Waals surface area (Å²) < 4.78 is 0. The molecule has 2 N–H and O–H groups in total. The van der Waals surface area contributed by atoms with Gasteiger partial charge in [-0.2, -0.15) is 0 Å². The second-order valence-electron chi connectivity index (χ2n) is 8.40. The normalized spacial score (nSPS) is 31.4. The minimum atomic E-state index is 0.950. The van der Waals surface area contributed by atoms with Gasteiger partial charge in [-0.3, -0.25) is 0 Å². The lowest BCUT2D eigenvalue weighted by Gasteiger charge is -2.41. The topological polar surface area (TPSA) is 30.5 Å². The van der Waals surface area contributed by atoms with Crippen LogP contribution in [0.2, 0.25) is 0 Å². The summed E-state index contributed by atoms with van der Waals surface area (Å²) in [6.45, 7) is 15.2. The number of likely N-dealkylation sites (tertiary alicyclic amines) is 1. The first kappa shape index (κ1) is 18.6. The highest BCUT2D eigenvalue weighted by molar-refractivity contribution is 4.82. The Hall–Kier alpha value is -0.160. The Morgan fingerprint density at radius 2 is 1.58 bits per heavy atom. The maximum absolute atomic E-state index is 3.51. The zero-order chi connectivity index (χ0) is 16.6. The number of nitrogens with zero attached hydrogens (tertiary/aromatic N) is 2. The van der Waals surface area contributed by atoms with Crippen LogP contribution in [0, 0.1) is 17.8 Å². The van der Waals surface area contributed by atoms with Crippen LogP contribution in [0.1, 0.15) is 45.4 Å². The first-order valence-corrected chi connectivity index (χ1v) is 10.7. The molecule has 24 heavy (non-hydrogen) atoms. The van der Waals surface area contributed by atoms with E-state index < -0.39 is 0 Å². The van der Waals surface area contributed by atoms with E-state index in [1.165, 1.54) is 104 Å². The summed E-state index contributed by atoms with van der Waals surface area (Å²) in [5, 5.41) is 6.97. The molecule has 0 aromatic heterocycles. The lowest BCUT2D eigenvalue weighted by molar-refractivity contribution is 0.0866. The van der Waals surface area contributed by atoms with Gasteiger partial charge in [-0.25, -0.2) is 0 Å². The molecule has 3 aliphatic rings. The Balaban J connectivity index is 1.40. The summed E-state index contributed by atoms with van der Waals surface area (Å²) in [4.78, 5) is 5.48. The second-order valence-corrected chi connectivity index (χ2v) is 8.40. The minimum Gasteiger partial charge on any atom is -0.317 e. The van der Waals surface area contributed by atoms with Crippen molar-refractivity contribution in [2.75, 3.05) is 65.4 Å². The van der Waals surface area contributed by atoms with Crippen molar-refractivity contribution in [1.29, 1.82) is 0 Å². The zero-order valence-corrected chi connectivity index (χ0v) is 15.9. The predicted molar refractivity (Wildman–Crippen MR) is 102 cm³/mol. The number of hydrogen-bond acceptors (Lipinski definition) is 4. The van der Waals surface area contributed by atoms with Crippen LogP contribution in [0.4, 0.5) is 0 Å². The quantitative estimate of drug-likeness (QED) is 0.745. The standard InChI is InChI=1S/C20H40N4/c1-2-19-7-13-24(16-18-5-8-21-9-6-18)17-20(19)4-3-12-23-14-10-22-11-15-23/h18-22H,2-17H2,1H3. The number of hydrogen-bond donors (Lipinski definition) is 2. The number of piperidine rings is 2. The van der Waals surface area contributed by atoms with Crippen molar-refractivity contribution >= 4 is 0 Å². The Bertz CT molecular complexity index is 337. The van der Waals surface area contributed by atoms with E-state index in [0.29, 0.717) is 0 Å². The van der Waals surface area contributed by atoms with E-state index in [4.69, 9.17) is 0 Å².